The molecule has 1 aliphatic carbocycles. The van der Waals surface area contributed by atoms with Crippen LogP contribution in [0.5, 0.6) is 0 Å². The lowest BCUT2D eigenvalue weighted by Crippen LogP contribution is -2.38. The molecule has 8 heteroatoms. The molecule has 0 atom stereocenters. The van der Waals surface area contributed by atoms with Gasteiger partial charge >= 0.3 is 0 Å². The molecule has 0 unspecified atom stereocenters. The fraction of sp³-hybridized carbons (Fsp3) is 0.588. The topological polar surface area (TPSA) is 56.7 Å². The predicted molar refractivity (Wildman–Crippen MR) is 107 cm³/mol. The third-order valence-corrected chi connectivity index (χ3v) is 6.38. The minimum Gasteiger partial charge on any atom is -0.354 e. The van der Waals surface area contributed by atoms with E-state index in [2.05, 4.69) is 32.6 Å². The summed E-state index contributed by atoms with van der Waals surface area (Å²) < 4.78 is 0. The second kappa shape index (κ2) is 8.14. The first kappa shape index (κ1) is 18.1. The molecule has 0 saturated heterocycles. The number of nitrogens with one attached hydrogen (secondary N) is 1. The Morgan fingerprint density at radius 3 is 2.72 bits per heavy atom. The van der Waals surface area contributed by atoms with E-state index in [0.29, 0.717) is 6.54 Å². The molecule has 0 bridgehead atoms. The Morgan fingerprint density at radius 1 is 1.24 bits per heavy atom. The summed E-state index contributed by atoms with van der Waals surface area (Å²) in [5.74, 6) is 0.868. The van der Waals surface area contributed by atoms with Gasteiger partial charge in [-0.05, 0) is 25.7 Å². The molecule has 0 fully saturated rings. The number of hydrogen-bond donors (Lipinski definition) is 1. The molecule has 0 amide bonds. The molecule has 136 valence electrons. The van der Waals surface area contributed by atoms with Crippen LogP contribution in [0, 0.1) is 0 Å². The Bertz CT molecular complexity index is 710. The van der Waals surface area contributed by atoms with Crippen LogP contribution in [-0.4, -0.2) is 49.0 Å². The maximum Gasteiger partial charge on any atom is 0.194 e. The van der Waals surface area contributed by atoms with Crippen molar-refractivity contribution in [3.63, 3.8) is 0 Å². The van der Waals surface area contributed by atoms with Gasteiger partial charge in [0.1, 0.15) is 5.01 Å². The van der Waals surface area contributed by atoms with Crippen LogP contribution in [0.2, 0.25) is 0 Å². The maximum atomic E-state index is 4.83. The zero-order chi connectivity index (χ0) is 17.8. The fourth-order valence-corrected chi connectivity index (χ4v) is 4.86. The molecule has 6 nitrogen and oxygen atoms in total. The highest BCUT2D eigenvalue weighted by atomic mass is 32.1. The lowest BCUT2D eigenvalue weighted by Gasteiger charge is -2.20. The Morgan fingerprint density at radius 2 is 2.04 bits per heavy atom. The van der Waals surface area contributed by atoms with E-state index in [1.165, 1.54) is 34.8 Å². The molecule has 0 aliphatic heterocycles. The maximum absolute atomic E-state index is 4.83. The van der Waals surface area contributed by atoms with Gasteiger partial charge in [-0.1, -0.05) is 0 Å². The molecule has 2 aromatic rings. The van der Waals surface area contributed by atoms with Gasteiger partial charge in [0.2, 0.25) is 0 Å². The van der Waals surface area contributed by atoms with Crippen molar-refractivity contribution < 1.29 is 0 Å². The number of fused-ring (bicyclic) bond motifs is 1. The van der Waals surface area contributed by atoms with Crippen LogP contribution in [0.3, 0.4) is 0 Å². The Kier molecular flexibility index (Phi) is 5.90. The summed E-state index contributed by atoms with van der Waals surface area (Å²) in [5, 5.41) is 7.69. The van der Waals surface area contributed by atoms with E-state index in [9.17, 15) is 0 Å². The van der Waals surface area contributed by atoms with E-state index in [4.69, 9.17) is 4.98 Å². The molecule has 0 aromatic carbocycles. The number of guanidine groups is 1. The van der Waals surface area contributed by atoms with Crippen LogP contribution < -0.4 is 10.2 Å². The van der Waals surface area contributed by atoms with Gasteiger partial charge in [-0.15, -0.1) is 22.7 Å². The largest absolute Gasteiger partial charge is 0.354 e. The van der Waals surface area contributed by atoms with Crippen molar-refractivity contribution in [2.24, 2.45) is 4.99 Å². The molecular formula is C17H26N6S2. The van der Waals surface area contributed by atoms with Crippen molar-refractivity contribution >= 4 is 33.8 Å². The van der Waals surface area contributed by atoms with Crippen molar-refractivity contribution in [2.75, 3.05) is 33.1 Å². The van der Waals surface area contributed by atoms with Crippen LogP contribution >= 0.6 is 22.7 Å². The van der Waals surface area contributed by atoms with Gasteiger partial charge in [-0.25, -0.2) is 9.97 Å². The number of aromatic nitrogens is 2. The van der Waals surface area contributed by atoms with E-state index >= 15 is 0 Å². The zero-order valence-corrected chi connectivity index (χ0v) is 17.0. The van der Waals surface area contributed by atoms with E-state index in [1.807, 2.05) is 37.4 Å². The number of thiazole rings is 2. The molecule has 3 rings (SSSR count). The summed E-state index contributed by atoms with van der Waals surface area (Å²) in [5.41, 5.74) is 2.36. The lowest BCUT2D eigenvalue weighted by atomic mass is 10.0. The van der Waals surface area contributed by atoms with Crippen molar-refractivity contribution in [2.45, 2.75) is 38.8 Å². The Balaban J connectivity index is 1.57. The van der Waals surface area contributed by atoms with E-state index in [0.717, 1.165) is 29.8 Å². The minimum absolute atomic E-state index is 0.676. The highest BCUT2D eigenvalue weighted by molar-refractivity contribution is 7.13. The number of rotatable bonds is 5. The fourth-order valence-electron chi connectivity index (χ4n) is 2.89. The highest BCUT2D eigenvalue weighted by Gasteiger charge is 2.17. The number of hydrogen-bond acceptors (Lipinski definition) is 6. The van der Waals surface area contributed by atoms with Gasteiger partial charge in [0.15, 0.2) is 11.1 Å². The minimum atomic E-state index is 0.676. The average molecular weight is 379 g/mol. The smallest absolute Gasteiger partial charge is 0.194 e. The summed E-state index contributed by atoms with van der Waals surface area (Å²) >= 11 is 3.52. The standard InChI is InChI=1S/C17H26N6S2/c1-18-16(19-9-12-11-24-17(20-12)22(2)3)23(4)10-15-21-13-7-5-6-8-14(13)25-15/h11H,5-10H2,1-4H3,(H,18,19). The van der Waals surface area contributed by atoms with Crippen LogP contribution in [0.15, 0.2) is 10.4 Å². The lowest BCUT2D eigenvalue weighted by molar-refractivity contribution is 0.474. The molecule has 25 heavy (non-hydrogen) atoms. The van der Waals surface area contributed by atoms with E-state index < -0.39 is 0 Å². The van der Waals surface area contributed by atoms with Crippen LogP contribution in [0.25, 0.3) is 0 Å². The van der Waals surface area contributed by atoms with E-state index in [1.54, 1.807) is 11.3 Å². The first-order chi connectivity index (χ1) is 12.1. The third kappa shape index (κ3) is 4.49. The Labute approximate surface area is 157 Å². The van der Waals surface area contributed by atoms with Crippen LogP contribution in [0.1, 0.15) is 34.1 Å². The first-order valence-corrected chi connectivity index (χ1v) is 10.3. The van der Waals surface area contributed by atoms with Gasteiger partial charge in [0.05, 0.1) is 24.5 Å². The summed E-state index contributed by atoms with van der Waals surface area (Å²) in [6, 6.07) is 0. The molecule has 1 N–H and O–H groups in total. The summed E-state index contributed by atoms with van der Waals surface area (Å²) in [4.78, 5) is 19.5. The number of aryl methyl sites for hydroxylation is 2. The van der Waals surface area contributed by atoms with Crippen molar-refractivity contribution in [3.8, 4) is 0 Å². The SMILES string of the molecule is CN=C(NCc1csc(N(C)C)n1)N(C)Cc1nc2c(s1)CCCC2. The predicted octanol–water partition coefficient (Wildman–Crippen LogP) is 2.75. The van der Waals surface area contributed by atoms with Gasteiger partial charge in [0.25, 0.3) is 0 Å². The van der Waals surface area contributed by atoms with Gasteiger partial charge in [-0.2, -0.15) is 0 Å². The van der Waals surface area contributed by atoms with Crippen molar-refractivity contribution in [1.29, 1.82) is 0 Å². The zero-order valence-electron chi connectivity index (χ0n) is 15.4. The quantitative estimate of drug-likeness (QED) is 0.640. The van der Waals surface area contributed by atoms with Gasteiger partial charge in [-0.3, -0.25) is 4.99 Å². The number of nitrogens with zero attached hydrogens (tertiary/aromatic N) is 5. The molecular weight excluding hydrogens is 352 g/mol. The second-order valence-corrected chi connectivity index (χ2v) is 8.46. The molecule has 0 spiro atoms. The van der Waals surface area contributed by atoms with Crippen LogP contribution in [0.4, 0.5) is 5.13 Å². The summed E-state index contributed by atoms with van der Waals surface area (Å²) in [6.45, 7) is 1.47. The van der Waals surface area contributed by atoms with Gasteiger partial charge in [0, 0.05) is 38.4 Å². The van der Waals surface area contributed by atoms with E-state index in [-0.39, 0.29) is 0 Å². The summed E-state index contributed by atoms with van der Waals surface area (Å²) in [6.07, 6.45) is 4.91. The highest BCUT2D eigenvalue weighted by Crippen LogP contribution is 2.27. The normalized spacial score (nSPS) is 14.3. The van der Waals surface area contributed by atoms with Crippen molar-refractivity contribution in [3.05, 3.63) is 26.7 Å². The molecule has 2 heterocycles. The van der Waals surface area contributed by atoms with Gasteiger partial charge < -0.3 is 15.1 Å². The van der Waals surface area contributed by atoms with Crippen LogP contribution in [-0.2, 0) is 25.9 Å². The second-order valence-electron chi connectivity index (χ2n) is 6.46. The Hall–Kier alpha value is -1.67. The molecule has 0 radical (unpaired) electrons. The molecule has 2 aromatic heterocycles. The monoisotopic (exact) mass is 378 g/mol. The first-order valence-electron chi connectivity index (χ1n) is 8.57. The third-order valence-electron chi connectivity index (χ3n) is 4.19. The summed E-state index contributed by atoms with van der Waals surface area (Å²) in [7, 11) is 7.90. The van der Waals surface area contributed by atoms with Crippen molar-refractivity contribution in [1.82, 2.24) is 20.2 Å². The average Bonchev–Trinajstić information content (AvgIpc) is 3.21. The number of anilines is 1. The molecule has 0 saturated carbocycles. The molecule has 1 aliphatic rings. The number of aliphatic imine (C=N–C) groups is 1.